The summed E-state index contributed by atoms with van der Waals surface area (Å²) in [5.41, 5.74) is 0. The van der Waals surface area contributed by atoms with Gasteiger partial charge in [0.1, 0.15) is 0 Å². The summed E-state index contributed by atoms with van der Waals surface area (Å²) in [5, 5.41) is 0. The SMILES string of the molecule is [CH2-]CCC.[CH2-]CCCC. The van der Waals surface area contributed by atoms with Crippen LogP contribution in [0.5, 0.6) is 0 Å². The van der Waals surface area contributed by atoms with Gasteiger partial charge in [-0.05, 0) is 0 Å². The zero-order valence-electron chi connectivity index (χ0n) is 6.95. The van der Waals surface area contributed by atoms with Gasteiger partial charge >= 0.3 is 0 Å². The third-order valence-electron chi connectivity index (χ3n) is 0.957. The zero-order chi connectivity index (χ0) is 7.54. The van der Waals surface area contributed by atoms with E-state index in [0.29, 0.717) is 0 Å². The van der Waals surface area contributed by atoms with Crippen molar-refractivity contribution in [3.05, 3.63) is 13.8 Å². The Balaban J connectivity index is 0. The lowest BCUT2D eigenvalue weighted by Crippen LogP contribution is -1.59. The highest BCUT2D eigenvalue weighted by Gasteiger charge is 1.62. The van der Waals surface area contributed by atoms with E-state index in [0.717, 1.165) is 12.8 Å². The molecule has 0 heteroatoms. The summed E-state index contributed by atoms with van der Waals surface area (Å²) < 4.78 is 0. The third-order valence-corrected chi connectivity index (χ3v) is 0.957. The van der Waals surface area contributed by atoms with Crippen molar-refractivity contribution in [1.82, 2.24) is 0 Å². The molecule has 0 aromatic heterocycles. The standard InChI is InChI=1S/C5H11.C4H9/c1-3-5-4-2;1-3-4-2/h1,3-5H2,2H3;1,3-4H2,2H3/q2*-1. The number of hydrogen-bond acceptors (Lipinski definition) is 0. The highest BCUT2D eigenvalue weighted by atomic mass is 13.7. The van der Waals surface area contributed by atoms with E-state index in [1.165, 1.54) is 19.3 Å². The van der Waals surface area contributed by atoms with Gasteiger partial charge in [0.15, 0.2) is 0 Å². The first-order chi connectivity index (χ1) is 4.33. The molecule has 0 saturated heterocycles. The molecule has 9 heavy (non-hydrogen) atoms. The van der Waals surface area contributed by atoms with Crippen molar-refractivity contribution in [2.24, 2.45) is 0 Å². The van der Waals surface area contributed by atoms with Crippen LogP contribution in [0.1, 0.15) is 46.0 Å². The van der Waals surface area contributed by atoms with Gasteiger partial charge in [0.2, 0.25) is 0 Å². The Morgan fingerprint density at radius 2 is 1.33 bits per heavy atom. The van der Waals surface area contributed by atoms with Crippen molar-refractivity contribution in [2.75, 3.05) is 0 Å². The van der Waals surface area contributed by atoms with Crippen LogP contribution in [0.3, 0.4) is 0 Å². The Morgan fingerprint density at radius 1 is 0.889 bits per heavy atom. The Bertz CT molecular complexity index is 19.2. The molecule has 0 aliphatic rings. The summed E-state index contributed by atoms with van der Waals surface area (Å²) in [5.74, 6) is 0. The minimum Gasteiger partial charge on any atom is -0.343 e. The second-order valence-electron chi connectivity index (χ2n) is 2.06. The largest absolute Gasteiger partial charge is 0.343 e. The van der Waals surface area contributed by atoms with Gasteiger partial charge in [-0.3, -0.25) is 0 Å². The number of hydrogen-bond donors (Lipinski definition) is 0. The molecule has 0 N–H and O–H groups in total. The monoisotopic (exact) mass is 128 g/mol. The van der Waals surface area contributed by atoms with Gasteiger partial charge in [0.25, 0.3) is 0 Å². The molecule has 0 aliphatic heterocycles. The van der Waals surface area contributed by atoms with Crippen LogP contribution >= 0.6 is 0 Å². The van der Waals surface area contributed by atoms with Gasteiger partial charge in [-0.15, -0.1) is 0 Å². The Hall–Kier alpha value is 0. The molecule has 0 nitrogen and oxygen atoms in total. The molecule has 0 aliphatic carbocycles. The van der Waals surface area contributed by atoms with Gasteiger partial charge in [-0.1, -0.05) is 33.1 Å². The maximum absolute atomic E-state index is 3.68. The predicted octanol–water partition coefficient (Wildman–Crippen LogP) is 3.63. The molecule has 0 aromatic rings. The maximum Gasteiger partial charge on any atom is -0.0586 e. The molecular weight excluding hydrogens is 108 g/mol. The fourth-order valence-corrected chi connectivity index (χ4v) is 0.250. The van der Waals surface area contributed by atoms with Crippen molar-refractivity contribution in [3.8, 4) is 0 Å². The first-order valence-electron chi connectivity index (χ1n) is 3.91. The van der Waals surface area contributed by atoms with Crippen LogP contribution in [0.15, 0.2) is 0 Å². The van der Waals surface area contributed by atoms with Crippen molar-refractivity contribution in [1.29, 1.82) is 0 Å². The van der Waals surface area contributed by atoms with E-state index < -0.39 is 0 Å². The van der Waals surface area contributed by atoms with E-state index in [4.69, 9.17) is 0 Å². The molecule has 0 unspecified atom stereocenters. The molecule has 0 spiro atoms. The highest BCUT2D eigenvalue weighted by Crippen LogP contribution is 1.87. The van der Waals surface area contributed by atoms with Gasteiger partial charge in [-0.25, -0.2) is 0 Å². The quantitative estimate of drug-likeness (QED) is 0.509. The van der Waals surface area contributed by atoms with Crippen molar-refractivity contribution in [2.45, 2.75) is 46.0 Å². The molecule has 0 saturated carbocycles. The summed E-state index contributed by atoms with van der Waals surface area (Å²) in [6, 6.07) is 0. The highest BCUT2D eigenvalue weighted by molar-refractivity contribution is 4.35. The zero-order valence-corrected chi connectivity index (χ0v) is 6.95. The topological polar surface area (TPSA) is 0 Å². The van der Waals surface area contributed by atoms with Crippen molar-refractivity contribution < 1.29 is 0 Å². The Labute approximate surface area is 60.7 Å². The average molecular weight is 128 g/mol. The minimum atomic E-state index is 1.07. The molecule has 0 bridgehead atoms. The molecule has 58 valence electrons. The lowest BCUT2D eigenvalue weighted by molar-refractivity contribution is 0.813. The van der Waals surface area contributed by atoms with Gasteiger partial charge in [-0.2, -0.15) is 12.8 Å². The van der Waals surface area contributed by atoms with Gasteiger partial charge in [0, 0.05) is 0 Å². The molecular formula is C9H20-2. The summed E-state index contributed by atoms with van der Waals surface area (Å²) in [6.45, 7) is 11.6. The van der Waals surface area contributed by atoms with Crippen LogP contribution < -0.4 is 0 Å². The van der Waals surface area contributed by atoms with Crippen LogP contribution in [0.2, 0.25) is 0 Å². The Kier molecular flexibility index (Phi) is 20.5. The third kappa shape index (κ3) is 32.0. The molecule has 0 rings (SSSR count). The van der Waals surface area contributed by atoms with Crippen LogP contribution in [-0.4, -0.2) is 0 Å². The van der Waals surface area contributed by atoms with Crippen LogP contribution in [0, 0.1) is 13.8 Å². The lowest BCUT2D eigenvalue weighted by atomic mass is 10.3. The fourth-order valence-electron chi connectivity index (χ4n) is 0.250. The first-order valence-corrected chi connectivity index (χ1v) is 3.91. The lowest BCUT2D eigenvalue weighted by Gasteiger charge is -1.86. The normalized spacial score (nSPS) is 8.00. The molecule has 0 heterocycles. The summed E-state index contributed by atoms with van der Waals surface area (Å²) in [7, 11) is 0. The molecule has 0 atom stereocenters. The van der Waals surface area contributed by atoms with Crippen LogP contribution in [-0.2, 0) is 0 Å². The Morgan fingerprint density at radius 3 is 1.33 bits per heavy atom. The molecule has 0 fully saturated rings. The average Bonchev–Trinajstić information content (AvgIpc) is 1.91. The van der Waals surface area contributed by atoms with Crippen LogP contribution in [0.4, 0.5) is 0 Å². The second-order valence-corrected chi connectivity index (χ2v) is 2.06. The predicted molar refractivity (Wildman–Crippen MR) is 45.1 cm³/mol. The fraction of sp³-hybridized carbons (Fsp3) is 0.778. The van der Waals surface area contributed by atoms with Crippen molar-refractivity contribution in [3.63, 3.8) is 0 Å². The summed E-state index contributed by atoms with van der Waals surface area (Å²) >= 11 is 0. The van der Waals surface area contributed by atoms with E-state index in [1.54, 1.807) is 0 Å². The van der Waals surface area contributed by atoms with E-state index in [1.807, 2.05) is 0 Å². The molecule has 0 radical (unpaired) electrons. The minimum absolute atomic E-state index is 1.07. The van der Waals surface area contributed by atoms with E-state index in [9.17, 15) is 0 Å². The van der Waals surface area contributed by atoms with Gasteiger partial charge in [0.05, 0.1) is 0 Å². The van der Waals surface area contributed by atoms with E-state index in [2.05, 4.69) is 27.7 Å². The smallest absolute Gasteiger partial charge is 0.0586 e. The van der Waals surface area contributed by atoms with E-state index >= 15 is 0 Å². The van der Waals surface area contributed by atoms with Gasteiger partial charge < -0.3 is 13.8 Å². The summed E-state index contributed by atoms with van der Waals surface area (Å²) in [4.78, 5) is 0. The molecule has 0 aromatic carbocycles. The van der Waals surface area contributed by atoms with E-state index in [-0.39, 0.29) is 0 Å². The number of rotatable bonds is 3. The maximum atomic E-state index is 3.68. The summed E-state index contributed by atoms with van der Waals surface area (Å²) in [6.07, 6.45) is 5.93. The molecule has 0 amide bonds. The number of unbranched alkanes of at least 4 members (excludes halogenated alkanes) is 3. The second kappa shape index (κ2) is 15.7. The first kappa shape index (κ1) is 11.8. The van der Waals surface area contributed by atoms with Crippen molar-refractivity contribution >= 4 is 0 Å². The van der Waals surface area contributed by atoms with Crippen LogP contribution in [0.25, 0.3) is 0 Å².